The third-order valence-electron chi connectivity index (χ3n) is 6.53. The number of halogens is 2. The van der Waals surface area contributed by atoms with E-state index < -0.39 is 0 Å². The van der Waals surface area contributed by atoms with Crippen molar-refractivity contribution in [2.24, 2.45) is 0 Å². The topological polar surface area (TPSA) is 22.8 Å². The van der Waals surface area contributed by atoms with Gasteiger partial charge in [0, 0.05) is 27.7 Å². The highest BCUT2D eigenvalue weighted by atomic mass is 127. The minimum Gasteiger partial charge on any atom is -0.305 e. The van der Waals surface area contributed by atoms with Crippen LogP contribution in [0, 0.1) is 3.57 Å². The Morgan fingerprint density at radius 2 is 0.941 bits per heavy atom. The molecule has 34 heavy (non-hydrogen) atoms. The Bertz CT molecular complexity index is 1790. The Labute approximate surface area is 214 Å². The molecule has 0 radical (unpaired) electrons. The van der Waals surface area contributed by atoms with Crippen LogP contribution in [-0.4, -0.2) is 14.1 Å². The van der Waals surface area contributed by atoms with Crippen molar-refractivity contribution in [2.75, 3.05) is 0 Å². The van der Waals surface area contributed by atoms with E-state index in [1.807, 2.05) is 0 Å². The van der Waals surface area contributed by atoms with E-state index in [0.717, 1.165) is 37.1 Å². The number of nitrogens with zero attached hydrogens (tertiary/aromatic N) is 3. The van der Waals surface area contributed by atoms with Crippen LogP contribution in [0.2, 0.25) is 5.02 Å². The molecule has 4 aromatic carbocycles. The van der Waals surface area contributed by atoms with Crippen LogP contribution < -0.4 is 0 Å². The van der Waals surface area contributed by atoms with Gasteiger partial charge in [-0.25, -0.2) is 4.98 Å². The van der Waals surface area contributed by atoms with Crippen molar-refractivity contribution < 1.29 is 0 Å². The zero-order valence-electron chi connectivity index (χ0n) is 17.9. The average molecular weight is 570 g/mol. The standard InChI is InChI=1S/C29H17ClIN3/c30-22-17-32-29(34-25-15-7-3-11-20(25)21-12-4-8-16-26(21)34)28(27(22)31)33-23-13-5-1-9-18(23)19-10-2-6-14-24(19)33/h1-17H. The quantitative estimate of drug-likeness (QED) is 0.191. The van der Waals surface area contributed by atoms with Gasteiger partial charge in [0.1, 0.15) is 5.69 Å². The first-order valence-corrected chi connectivity index (χ1v) is 12.5. The molecule has 7 rings (SSSR count). The highest BCUT2D eigenvalue weighted by Gasteiger charge is 2.23. The molecule has 0 unspecified atom stereocenters. The Morgan fingerprint density at radius 3 is 1.38 bits per heavy atom. The molecular weight excluding hydrogens is 553 g/mol. The second kappa shape index (κ2) is 7.58. The molecule has 0 spiro atoms. The van der Waals surface area contributed by atoms with Gasteiger partial charge in [0.05, 0.1) is 30.7 Å². The molecular formula is C29H17ClIN3. The van der Waals surface area contributed by atoms with E-state index in [0.29, 0.717) is 5.02 Å². The van der Waals surface area contributed by atoms with Crippen molar-refractivity contribution in [3.05, 3.63) is 112 Å². The summed E-state index contributed by atoms with van der Waals surface area (Å²) in [6.45, 7) is 0. The van der Waals surface area contributed by atoms with Crippen LogP contribution in [-0.2, 0) is 0 Å². The molecule has 0 saturated heterocycles. The SMILES string of the molecule is Clc1cnc(-n2c3ccccc3c3ccccc32)c(-n2c3ccccc3c3ccccc32)c1I. The zero-order chi connectivity index (χ0) is 22.8. The minimum atomic E-state index is 0.641. The van der Waals surface area contributed by atoms with Gasteiger partial charge in [-0.15, -0.1) is 0 Å². The molecule has 0 aliphatic heterocycles. The molecule has 0 atom stereocenters. The van der Waals surface area contributed by atoms with Gasteiger partial charge in [0.25, 0.3) is 0 Å². The van der Waals surface area contributed by atoms with Gasteiger partial charge in [-0.2, -0.15) is 0 Å². The van der Waals surface area contributed by atoms with Gasteiger partial charge in [0.15, 0.2) is 5.82 Å². The largest absolute Gasteiger partial charge is 0.305 e. The van der Waals surface area contributed by atoms with Crippen molar-refractivity contribution in [3.63, 3.8) is 0 Å². The van der Waals surface area contributed by atoms with Crippen LogP contribution in [0.15, 0.2) is 103 Å². The number of fused-ring (bicyclic) bond motifs is 6. The van der Waals surface area contributed by atoms with E-state index in [-0.39, 0.29) is 0 Å². The molecule has 0 saturated carbocycles. The van der Waals surface area contributed by atoms with E-state index in [1.165, 1.54) is 21.5 Å². The highest BCUT2D eigenvalue weighted by molar-refractivity contribution is 14.1. The van der Waals surface area contributed by atoms with E-state index in [9.17, 15) is 0 Å². The number of aromatic nitrogens is 3. The van der Waals surface area contributed by atoms with Crippen molar-refractivity contribution in [1.82, 2.24) is 14.1 Å². The fourth-order valence-corrected chi connectivity index (χ4v) is 5.88. The lowest BCUT2D eigenvalue weighted by Gasteiger charge is -2.18. The summed E-state index contributed by atoms with van der Waals surface area (Å²) in [5, 5.41) is 5.47. The summed E-state index contributed by atoms with van der Waals surface area (Å²) in [6.07, 6.45) is 1.76. The van der Waals surface area contributed by atoms with Crippen molar-refractivity contribution in [1.29, 1.82) is 0 Å². The Kier molecular flexibility index (Phi) is 4.47. The van der Waals surface area contributed by atoms with Crippen molar-refractivity contribution >= 4 is 77.8 Å². The lowest BCUT2D eigenvalue weighted by atomic mass is 10.2. The van der Waals surface area contributed by atoms with Crippen LogP contribution in [0.4, 0.5) is 0 Å². The van der Waals surface area contributed by atoms with Crippen LogP contribution >= 0.6 is 34.2 Å². The second-order valence-electron chi connectivity index (χ2n) is 8.33. The zero-order valence-corrected chi connectivity index (χ0v) is 20.8. The van der Waals surface area contributed by atoms with Crippen molar-refractivity contribution in [2.45, 2.75) is 0 Å². The molecule has 0 amide bonds. The van der Waals surface area contributed by atoms with Gasteiger partial charge in [-0.1, -0.05) is 84.4 Å². The van der Waals surface area contributed by atoms with Gasteiger partial charge in [-0.05, 0) is 46.9 Å². The summed E-state index contributed by atoms with van der Waals surface area (Å²) in [7, 11) is 0. The van der Waals surface area contributed by atoms with E-state index in [2.05, 4.69) is 129 Å². The van der Waals surface area contributed by atoms with Gasteiger partial charge >= 0.3 is 0 Å². The van der Waals surface area contributed by atoms with Crippen molar-refractivity contribution in [3.8, 4) is 11.5 Å². The summed E-state index contributed by atoms with van der Waals surface area (Å²) < 4.78 is 5.55. The predicted molar refractivity (Wildman–Crippen MR) is 151 cm³/mol. The summed E-state index contributed by atoms with van der Waals surface area (Å²) in [5.41, 5.74) is 5.49. The molecule has 0 N–H and O–H groups in total. The molecule has 162 valence electrons. The summed E-state index contributed by atoms with van der Waals surface area (Å²) in [5.74, 6) is 0.859. The maximum absolute atomic E-state index is 6.71. The highest BCUT2D eigenvalue weighted by Crippen LogP contribution is 2.40. The first-order chi connectivity index (χ1) is 16.7. The molecule has 0 fully saturated rings. The van der Waals surface area contributed by atoms with Gasteiger partial charge in [-0.3, -0.25) is 4.57 Å². The van der Waals surface area contributed by atoms with Crippen LogP contribution in [0.25, 0.3) is 55.1 Å². The third kappa shape index (κ3) is 2.73. The van der Waals surface area contributed by atoms with Crippen LogP contribution in [0.3, 0.4) is 0 Å². The molecule has 0 aliphatic rings. The van der Waals surface area contributed by atoms with Crippen LogP contribution in [0.5, 0.6) is 0 Å². The number of para-hydroxylation sites is 4. The normalized spacial score (nSPS) is 11.8. The first kappa shape index (κ1) is 20.1. The van der Waals surface area contributed by atoms with E-state index >= 15 is 0 Å². The van der Waals surface area contributed by atoms with Gasteiger partial charge < -0.3 is 4.57 Å². The monoisotopic (exact) mass is 569 g/mol. The summed E-state index contributed by atoms with van der Waals surface area (Å²) >= 11 is 9.07. The van der Waals surface area contributed by atoms with E-state index in [1.54, 1.807) is 6.20 Å². The predicted octanol–water partition coefficient (Wildman–Crippen LogP) is 8.53. The fraction of sp³-hybridized carbons (Fsp3) is 0. The molecule has 3 aromatic heterocycles. The molecule has 0 bridgehead atoms. The maximum Gasteiger partial charge on any atom is 0.163 e. The minimum absolute atomic E-state index is 0.641. The lowest BCUT2D eigenvalue weighted by molar-refractivity contribution is 1.02. The smallest absolute Gasteiger partial charge is 0.163 e. The number of benzene rings is 4. The second-order valence-corrected chi connectivity index (χ2v) is 9.82. The molecule has 0 aliphatic carbocycles. The fourth-order valence-electron chi connectivity index (χ4n) is 5.12. The van der Waals surface area contributed by atoms with E-state index in [4.69, 9.17) is 16.6 Å². The van der Waals surface area contributed by atoms with Gasteiger partial charge in [0.2, 0.25) is 0 Å². The third-order valence-corrected chi connectivity index (χ3v) is 8.22. The lowest BCUT2D eigenvalue weighted by Crippen LogP contribution is -2.08. The Morgan fingerprint density at radius 1 is 0.559 bits per heavy atom. The maximum atomic E-state index is 6.71. The number of pyridine rings is 1. The molecule has 3 heterocycles. The number of hydrogen-bond donors (Lipinski definition) is 0. The molecule has 5 heteroatoms. The number of rotatable bonds is 2. The summed E-state index contributed by atoms with van der Waals surface area (Å²) in [6, 6.07) is 34.1. The first-order valence-electron chi connectivity index (χ1n) is 11.0. The Hall–Kier alpha value is -3.35. The molecule has 7 aromatic rings. The summed E-state index contributed by atoms with van der Waals surface area (Å²) in [4.78, 5) is 4.96. The Balaban J connectivity index is 1.71. The van der Waals surface area contributed by atoms with Crippen LogP contribution in [0.1, 0.15) is 0 Å². The molecule has 3 nitrogen and oxygen atoms in total. The number of hydrogen-bond acceptors (Lipinski definition) is 1. The average Bonchev–Trinajstić information content (AvgIpc) is 3.39.